The van der Waals surface area contributed by atoms with Crippen molar-refractivity contribution in [3.8, 4) is 0 Å². The van der Waals surface area contributed by atoms with Crippen LogP contribution in [0.1, 0.15) is 31.1 Å². The van der Waals surface area contributed by atoms with Crippen molar-refractivity contribution >= 4 is 52.1 Å². The highest BCUT2D eigenvalue weighted by atomic mass is 35.5. The van der Waals surface area contributed by atoms with Crippen LogP contribution in [0, 0.1) is 0 Å². The first kappa shape index (κ1) is 19.6. The van der Waals surface area contributed by atoms with Crippen molar-refractivity contribution in [1.82, 2.24) is 0 Å². The summed E-state index contributed by atoms with van der Waals surface area (Å²) in [5.41, 5.74) is 1.68. The molecule has 6 nitrogen and oxygen atoms in total. The summed E-state index contributed by atoms with van der Waals surface area (Å²) in [6, 6.07) is 12.8. The van der Waals surface area contributed by atoms with E-state index in [1.54, 1.807) is 47.2 Å². The van der Waals surface area contributed by atoms with Crippen LogP contribution in [0.4, 0.5) is 11.4 Å². The van der Waals surface area contributed by atoms with Crippen LogP contribution in [-0.4, -0.2) is 24.9 Å². The second kappa shape index (κ2) is 8.69. The van der Waals surface area contributed by atoms with Gasteiger partial charge in [-0.3, -0.25) is 9.59 Å². The number of ether oxygens (including phenoxy) is 1. The van der Waals surface area contributed by atoms with Gasteiger partial charge in [0.25, 0.3) is 11.8 Å². The first-order chi connectivity index (χ1) is 13.5. The molecule has 2 amide bonds. The van der Waals surface area contributed by atoms with Crippen molar-refractivity contribution in [3.05, 3.63) is 81.0 Å². The van der Waals surface area contributed by atoms with Gasteiger partial charge in [0.15, 0.2) is 0 Å². The van der Waals surface area contributed by atoms with E-state index >= 15 is 0 Å². The zero-order valence-electron chi connectivity index (χ0n) is 14.7. The number of amides is 2. The van der Waals surface area contributed by atoms with Gasteiger partial charge in [-0.1, -0.05) is 23.7 Å². The summed E-state index contributed by atoms with van der Waals surface area (Å²) in [5, 5.41) is 9.17. The Kier molecular flexibility index (Phi) is 6.08. The predicted octanol–water partition coefficient (Wildman–Crippen LogP) is 4.69. The van der Waals surface area contributed by atoms with Crippen LogP contribution in [0.2, 0.25) is 5.02 Å². The number of esters is 1. The third-order valence-electron chi connectivity index (χ3n) is 3.83. The molecule has 0 fully saturated rings. The summed E-state index contributed by atoms with van der Waals surface area (Å²) in [6.45, 7) is 0. The van der Waals surface area contributed by atoms with Crippen LogP contribution in [0.5, 0.6) is 0 Å². The van der Waals surface area contributed by atoms with Gasteiger partial charge in [-0.25, -0.2) is 4.79 Å². The maximum atomic E-state index is 12.7. The van der Waals surface area contributed by atoms with E-state index in [0.717, 1.165) is 0 Å². The Balaban J connectivity index is 1.82. The Bertz CT molecular complexity index is 1030. The molecule has 0 atom stereocenters. The van der Waals surface area contributed by atoms with Gasteiger partial charge in [0.1, 0.15) is 0 Å². The molecule has 3 aromatic rings. The van der Waals surface area contributed by atoms with Gasteiger partial charge in [0.2, 0.25) is 0 Å². The number of anilines is 2. The largest absolute Gasteiger partial charge is 0.465 e. The van der Waals surface area contributed by atoms with Crippen molar-refractivity contribution in [3.63, 3.8) is 0 Å². The summed E-state index contributed by atoms with van der Waals surface area (Å²) >= 11 is 7.40. The third-order valence-corrected chi connectivity index (χ3v) is 4.85. The fourth-order valence-corrected chi connectivity index (χ4v) is 3.28. The van der Waals surface area contributed by atoms with Crippen LogP contribution in [0.3, 0.4) is 0 Å². The van der Waals surface area contributed by atoms with Gasteiger partial charge in [0, 0.05) is 11.1 Å². The summed E-state index contributed by atoms with van der Waals surface area (Å²) in [4.78, 5) is 36.8. The average molecular weight is 415 g/mol. The molecule has 1 heterocycles. The molecule has 0 aliphatic rings. The molecule has 0 radical (unpaired) electrons. The predicted molar refractivity (Wildman–Crippen MR) is 109 cm³/mol. The molecule has 2 N–H and O–H groups in total. The van der Waals surface area contributed by atoms with Crippen molar-refractivity contribution < 1.29 is 19.1 Å². The first-order valence-corrected chi connectivity index (χ1v) is 9.43. The van der Waals surface area contributed by atoms with Crippen molar-refractivity contribution in [1.29, 1.82) is 0 Å². The molecule has 0 unspecified atom stereocenters. The molecule has 0 spiro atoms. The molecule has 142 valence electrons. The smallest absolute Gasteiger partial charge is 0.339 e. The molecule has 2 aromatic carbocycles. The molecule has 3 rings (SSSR count). The maximum Gasteiger partial charge on any atom is 0.339 e. The van der Waals surface area contributed by atoms with Gasteiger partial charge in [-0.05, 0) is 41.8 Å². The van der Waals surface area contributed by atoms with Crippen LogP contribution in [-0.2, 0) is 4.74 Å². The van der Waals surface area contributed by atoms with Crippen molar-refractivity contribution in [2.75, 3.05) is 17.7 Å². The second-order valence-corrected chi connectivity index (χ2v) is 6.84. The fraction of sp³-hybridized carbons (Fsp3) is 0.0500. The monoisotopic (exact) mass is 414 g/mol. The van der Waals surface area contributed by atoms with E-state index < -0.39 is 11.9 Å². The highest BCUT2D eigenvalue weighted by molar-refractivity contribution is 7.08. The van der Waals surface area contributed by atoms with Crippen LogP contribution >= 0.6 is 22.9 Å². The quantitative estimate of drug-likeness (QED) is 0.593. The molecule has 0 saturated heterocycles. The van der Waals surface area contributed by atoms with E-state index in [2.05, 4.69) is 15.4 Å². The van der Waals surface area contributed by atoms with Crippen LogP contribution in [0.25, 0.3) is 0 Å². The Morgan fingerprint density at radius 3 is 2.46 bits per heavy atom. The lowest BCUT2D eigenvalue weighted by molar-refractivity contribution is 0.0600. The highest BCUT2D eigenvalue weighted by Crippen LogP contribution is 2.23. The molecule has 28 heavy (non-hydrogen) atoms. The molecule has 0 aliphatic carbocycles. The number of methoxy groups -OCH3 is 1. The second-order valence-electron chi connectivity index (χ2n) is 5.65. The normalized spacial score (nSPS) is 10.2. The number of nitrogens with one attached hydrogen (secondary N) is 2. The number of carbonyl (C=O) groups excluding carboxylic acids is 3. The topological polar surface area (TPSA) is 84.5 Å². The van der Waals surface area contributed by atoms with Crippen LogP contribution in [0.15, 0.2) is 59.3 Å². The number of halogens is 1. The first-order valence-electron chi connectivity index (χ1n) is 8.11. The highest BCUT2D eigenvalue weighted by Gasteiger charge is 2.16. The summed E-state index contributed by atoms with van der Waals surface area (Å²) in [7, 11) is 1.25. The zero-order chi connectivity index (χ0) is 20.1. The molecular weight excluding hydrogens is 400 g/mol. The Morgan fingerprint density at radius 2 is 1.75 bits per heavy atom. The standard InChI is InChI=1S/C20H15ClN2O4S/c1-27-20(26)15-10-13(6-7-16(15)21)22-19(25)14-4-2-3-5-17(14)23-18(24)12-8-9-28-11-12/h2-11H,1H3,(H,22,25)(H,23,24). The number of rotatable bonds is 5. The van der Waals surface area contributed by atoms with Crippen LogP contribution < -0.4 is 10.6 Å². The van der Waals surface area contributed by atoms with Gasteiger partial charge >= 0.3 is 5.97 Å². The number of carbonyl (C=O) groups is 3. The van der Waals surface area contributed by atoms with Crippen molar-refractivity contribution in [2.45, 2.75) is 0 Å². The maximum absolute atomic E-state index is 12.7. The number of hydrogen-bond acceptors (Lipinski definition) is 5. The average Bonchev–Trinajstić information content (AvgIpc) is 3.24. The lowest BCUT2D eigenvalue weighted by atomic mass is 10.1. The number of hydrogen-bond donors (Lipinski definition) is 2. The Morgan fingerprint density at radius 1 is 0.964 bits per heavy atom. The number of para-hydroxylation sites is 1. The SMILES string of the molecule is COC(=O)c1cc(NC(=O)c2ccccc2NC(=O)c2ccsc2)ccc1Cl. The molecule has 0 saturated carbocycles. The van der Waals surface area contributed by atoms with Gasteiger partial charge in [0.05, 0.1) is 34.5 Å². The number of thiophene rings is 1. The molecule has 1 aromatic heterocycles. The lowest BCUT2D eigenvalue weighted by Gasteiger charge is -2.12. The molecule has 8 heteroatoms. The van der Waals surface area contributed by atoms with Gasteiger partial charge < -0.3 is 15.4 Å². The summed E-state index contributed by atoms with van der Waals surface area (Å²) in [6.07, 6.45) is 0. The van der Waals surface area contributed by atoms with E-state index in [4.69, 9.17) is 11.6 Å². The van der Waals surface area contributed by atoms with E-state index in [9.17, 15) is 14.4 Å². The fourth-order valence-electron chi connectivity index (χ4n) is 2.45. The molecule has 0 aliphatic heterocycles. The minimum absolute atomic E-state index is 0.140. The Hall–Kier alpha value is -3.16. The molecular formula is C20H15ClN2O4S. The number of benzene rings is 2. The minimum atomic E-state index is -0.607. The zero-order valence-corrected chi connectivity index (χ0v) is 16.3. The van der Waals surface area contributed by atoms with Crippen molar-refractivity contribution in [2.24, 2.45) is 0 Å². The van der Waals surface area contributed by atoms with Gasteiger partial charge in [-0.15, -0.1) is 0 Å². The third kappa shape index (κ3) is 4.39. The van der Waals surface area contributed by atoms with E-state index in [-0.39, 0.29) is 22.1 Å². The summed E-state index contributed by atoms with van der Waals surface area (Å²) < 4.78 is 4.68. The van der Waals surface area contributed by atoms with E-state index in [1.807, 2.05) is 0 Å². The van der Waals surface area contributed by atoms with Gasteiger partial charge in [-0.2, -0.15) is 11.3 Å². The van der Waals surface area contributed by atoms with E-state index in [0.29, 0.717) is 16.9 Å². The molecule has 0 bridgehead atoms. The van der Waals surface area contributed by atoms with E-state index in [1.165, 1.54) is 30.6 Å². The summed E-state index contributed by atoms with van der Waals surface area (Å²) in [5.74, 6) is -1.36. The Labute approximate surface area is 170 Å². The minimum Gasteiger partial charge on any atom is -0.465 e. The lowest BCUT2D eigenvalue weighted by Crippen LogP contribution is -2.18.